The van der Waals surface area contributed by atoms with Gasteiger partial charge in [0.1, 0.15) is 0 Å². The van der Waals surface area contributed by atoms with Crippen molar-refractivity contribution in [3.8, 4) is 6.07 Å². The number of carbonyl (C=O) groups is 2. The third-order valence-electron chi connectivity index (χ3n) is 3.33. The van der Waals surface area contributed by atoms with Gasteiger partial charge < -0.3 is 5.32 Å². The van der Waals surface area contributed by atoms with Crippen LogP contribution in [0, 0.1) is 16.7 Å². The SMILES string of the molecule is CC(C)(C#N)CCCN1C(=O)NC(C)(C(F)(F)F)C1=O. The van der Waals surface area contributed by atoms with Gasteiger partial charge in [0.15, 0.2) is 0 Å². The number of alkyl halides is 3. The molecule has 1 aliphatic rings. The van der Waals surface area contributed by atoms with Crippen molar-refractivity contribution in [2.24, 2.45) is 5.41 Å². The highest BCUT2D eigenvalue weighted by Gasteiger charge is 2.64. The maximum absolute atomic E-state index is 12.8. The summed E-state index contributed by atoms with van der Waals surface area (Å²) in [6, 6.07) is 0.994. The van der Waals surface area contributed by atoms with Crippen molar-refractivity contribution >= 4 is 11.9 Å². The molecule has 0 bridgehead atoms. The van der Waals surface area contributed by atoms with Crippen molar-refractivity contribution in [1.82, 2.24) is 10.2 Å². The fraction of sp³-hybridized carbons (Fsp3) is 0.750. The zero-order valence-electron chi connectivity index (χ0n) is 11.5. The average molecular weight is 291 g/mol. The Bertz CT molecular complexity index is 468. The van der Waals surface area contributed by atoms with Crippen LogP contribution >= 0.6 is 0 Å². The van der Waals surface area contributed by atoms with E-state index in [2.05, 4.69) is 0 Å². The van der Waals surface area contributed by atoms with Gasteiger partial charge in [0, 0.05) is 6.54 Å². The molecule has 3 amide bonds. The van der Waals surface area contributed by atoms with Gasteiger partial charge in [-0.1, -0.05) is 0 Å². The fourth-order valence-corrected chi connectivity index (χ4v) is 1.83. The van der Waals surface area contributed by atoms with E-state index in [4.69, 9.17) is 5.26 Å². The Hall–Kier alpha value is -1.78. The number of carbonyl (C=O) groups excluding carboxylic acids is 2. The molecule has 112 valence electrons. The van der Waals surface area contributed by atoms with Gasteiger partial charge in [-0.2, -0.15) is 18.4 Å². The maximum Gasteiger partial charge on any atom is 0.420 e. The molecule has 8 heteroatoms. The zero-order chi connectivity index (χ0) is 15.8. The number of hydrogen-bond donors (Lipinski definition) is 1. The summed E-state index contributed by atoms with van der Waals surface area (Å²) in [7, 11) is 0. The van der Waals surface area contributed by atoms with Crippen LogP contribution in [0.1, 0.15) is 33.6 Å². The minimum absolute atomic E-state index is 0.137. The van der Waals surface area contributed by atoms with Gasteiger partial charge in [-0.15, -0.1) is 0 Å². The summed E-state index contributed by atoms with van der Waals surface area (Å²) >= 11 is 0. The molecule has 0 radical (unpaired) electrons. The molecule has 0 saturated carbocycles. The summed E-state index contributed by atoms with van der Waals surface area (Å²) in [5.41, 5.74) is -3.51. The highest BCUT2D eigenvalue weighted by Crippen LogP contribution is 2.35. The maximum atomic E-state index is 12.8. The quantitative estimate of drug-likeness (QED) is 0.807. The molecule has 5 nitrogen and oxygen atoms in total. The zero-order valence-corrected chi connectivity index (χ0v) is 11.5. The topological polar surface area (TPSA) is 73.2 Å². The highest BCUT2D eigenvalue weighted by atomic mass is 19.4. The number of hydrogen-bond acceptors (Lipinski definition) is 3. The highest BCUT2D eigenvalue weighted by molar-refractivity contribution is 6.07. The van der Waals surface area contributed by atoms with Crippen LogP contribution in [0.2, 0.25) is 0 Å². The summed E-state index contributed by atoms with van der Waals surface area (Å²) in [6.07, 6.45) is -4.20. The van der Waals surface area contributed by atoms with Crippen molar-refractivity contribution in [2.45, 2.75) is 45.3 Å². The Balaban J connectivity index is 2.73. The molecule has 1 heterocycles. The van der Waals surface area contributed by atoms with E-state index in [0.717, 1.165) is 0 Å². The molecular weight excluding hydrogens is 275 g/mol. The molecule has 1 aliphatic heterocycles. The first kappa shape index (κ1) is 16.3. The number of amides is 3. The van der Waals surface area contributed by atoms with Crippen LogP contribution in [0.3, 0.4) is 0 Å². The molecule has 0 aromatic rings. The fourth-order valence-electron chi connectivity index (χ4n) is 1.83. The van der Waals surface area contributed by atoms with Crippen molar-refractivity contribution in [1.29, 1.82) is 5.26 Å². The number of imide groups is 1. The summed E-state index contributed by atoms with van der Waals surface area (Å²) in [6.45, 7) is 3.87. The van der Waals surface area contributed by atoms with Crippen molar-refractivity contribution in [3.05, 3.63) is 0 Å². The van der Waals surface area contributed by atoms with E-state index >= 15 is 0 Å². The third-order valence-corrected chi connectivity index (χ3v) is 3.33. The lowest BCUT2D eigenvalue weighted by atomic mass is 9.90. The van der Waals surface area contributed by atoms with Crippen LogP contribution in [0.4, 0.5) is 18.0 Å². The molecule has 20 heavy (non-hydrogen) atoms. The third kappa shape index (κ3) is 2.86. The van der Waals surface area contributed by atoms with Crippen LogP contribution in [-0.4, -0.2) is 35.1 Å². The van der Waals surface area contributed by atoms with Crippen molar-refractivity contribution < 1.29 is 22.8 Å². The van der Waals surface area contributed by atoms with E-state index in [0.29, 0.717) is 18.2 Å². The van der Waals surface area contributed by atoms with Gasteiger partial charge in [-0.05, 0) is 33.6 Å². The minimum Gasteiger partial charge on any atom is -0.316 e. The van der Waals surface area contributed by atoms with Crippen molar-refractivity contribution in [2.75, 3.05) is 6.54 Å². The van der Waals surface area contributed by atoms with Gasteiger partial charge in [-0.3, -0.25) is 9.69 Å². The second kappa shape index (κ2) is 4.96. The molecule has 1 fully saturated rings. The van der Waals surface area contributed by atoms with E-state index in [-0.39, 0.29) is 13.0 Å². The van der Waals surface area contributed by atoms with E-state index in [1.807, 2.05) is 6.07 Å². The number of halogens is 3. The number of nitrogens with one attached hydrogen (secondary N) is 1. The van der Waals surface area contributed by atoms with Crippen LogP contribution in [0.25, 0.3) is 0 Å². The average Bonchev–Trinajstić information content (AvgIpc) is 2.53. The molecule has 1 rings (SSSR count). The summed E-state index contributed by atoms with van der Waals surface area (Å²) in [5, 5.41) is 10.5. The summed E-state index contributed by atoms with van der Waals surface area (Å²) in [4.78, 5) is 23.8. The van der Waals surface area contributed by atoms with E-state index in [9.17, 15) is 22.8 Å². The Morgan fingerprint density at radius 3 is 2.30 bits per heavy atom. The van der Waals surface area contributed by atoms with E-state index in [1.54, 1.807) is 19.2 Å². The van der Waals surface area contributed by atoms with Gasteiger partial charge in [0.05, 0.1) is 11.5 Å². The Morgan fingerprint density at radius 2 is 1.90 bits per heavy atom. The normalized spacial score (nSPS) is 23.8. The van der Waals surface area contributed by atoms with Crippen LogP contribution in [-0.2, 0) is 4.79 Å². The van der Waals surface area contributed by atoms with Gasteiger partial charge >= 0.3 is 12.2 Å². The number of nitrogens with zero attached hydrogens (tertiary/aromatic N) is 2. The predicted molar refractivity (Wildman–Crippen MR) is 63.3 cm³/mol. The van der Waals surface area contributed by atoms with Gasteiger partial charge in [0.2, 0.25) is 5.54 Å². The van der Waals surface area contributed by atoms with Crippen LogP contribution in [0.15, 0.2) is 0 Å². The summed E-state index contributed by atoms with van der Waals surface area (Å²) < 4.78 is 38.4. The largest absolute Gasteiger partial charge is 0.420 e. The number of nitriles is 1. The molecule has 0 aromatic carbocycles. The van der Waals surface area contributed by atoms with Crippen molar-refractivity contribution in [3.63, 3.8) is 0 Å². The van der Waals surface area contributed by atoms with E-state index in [1.165, 1.54) is 0 Å². The lowest BCUT2D eigenvalue weighted by Gasteiger charge is -2.24. The lowest BCUT2D eigenvalue weighted by molar-refractivity contribution is -0.191. The van der Waals surface area contributed by atoms with Gasteiger partial charge in [0.25, 0.3) is 5.91 Å². The smallest absolute Gasteiger partial charge is 0.316 e. The first-order chi connectivity index (χ1) is 8.94. The summed E-state index contributed by atoms with van der Waals surface area (Å²) in [5.74, 6) is -1.30. The first-order valence-electron chi connectivity index (χ1n) is 6.07. The molecule has 1 unspecified atom stereocenters. The number of rotatable bonds is 4. The molecule has 1 saturated heterocycles. The first-order valence-corrected chi connectivity index (χ1v) is 6.07. The number of urea groups is 1. The molecule has 1 atom stereocenters. The Labute approximate surface area is 114 Å². The molecule has 0 spiro atoms. The molecular formula is C12H16F3N3O2. The monoisotopic (exact) mass is 291 g/mol. The Morgan fingerprint density at radius 1 is 1.35 bits per heavy atom. The lowest BCUT2D eigenvalue weighted by Crippen LogP contribution is -2.56. The molecule has 0 aromatic heterocycles. The van der Waals surface area contributed by atoms with Crippen LogP contribution in [0.5, 0.6) is 0 Å². The molecule has 0 aliphatic carbocycles. The standard InChI is InChI=1S/C12H16F3N3O2/c1-10(2,7-16)5-4-6-18-8(19)11(3,12(13,14)15)17-9(18)20/h4-6H2,1-3H3,(H,17,20). The predicted octanol–water partition coefficient (Wildman–Crippen LogP) is 2.19. The second-order valence-electron chi connectivity index (χ2n) is 5.61. The van der Waals surface area contributed by atoms with E-state index < -0.39 is 29.1 Å². The molecule has 1 N–H and O–H groups in total. The van der Waals surface area contributed by atoms with Crippen LogP contribution < -0.4 is 5.32 Å². The Kier molecular flexibility index (Phi) is 4.04. The second-order valence-corrected chi connectivity index (χ2v) is 5.61. The van der Waals surface area contributed by atoms with Gasteiger partial charge in [-0.25, -0.2) is 4.79 Å². The minimum atomic E-state index is -4.85.